The third-order valence-corrected chi connectivity index (χ3v) is 3.77. The molecule has 1 rings (SSSR count). The Morgan fingerprint density at radius 2 is 2.00 bits per heavy atom. The lowest BCUT2D eigenvalue weighted by Crippen LogP contribution is -2.22. The number of ether oxygens (including phenoxy) is 2. The van der Waals surface area contributed by atoms with Gasteiger partial charge in [-0.3, -0.25) is 4.79 Å². The Bertz CT molecular complexity index is 594. The SMILES string of the molecule is C=CCOC(=O)c1sc(NC(=O)CN)c(C(=O)OCC)c1C. The number of carbonyl (C=O) groups excluding carboxylic acids is 3. The molecule has 0 unspecified atom stereocenters. The van der Waals surface area contributed by atoms with E-state index < -0.39 is 17.8 Å². The summed E-state index contributed by atoms with van der Waals surface area (Å²) in [6, 6.07) is 0. The minimum absolute atomic E-state index is 0.0510. The summed E-state index contributed by atoms with van der Waals surface area (Å²) in [5.74, 6) is -1.69. The van der Waals surface area contributed by atoms with Crippen molar-refractivity contribution in [3.05, 3.63) is 28.7 Å². The van der Waals surface area contributed by atoms with Gasteiger partial charge in [0.2, 0.25) is 5.91 Å². The molecular formula is C14H18N2O5S. The van der Waals surface area contributed by atoms with Crippen LogP contribution in [-0.2, 0) is 14.3 Å². The molecule has 7 nitrogen and oxygen atoms in total. The Morgan fingerprint density at radius 3 is 2.55 bits per heavy atom. The van der Waals surface area contributed by atoms with Crippen LogP contribution in [0, 0.1) is 6.92 Å². The topological polar surface area (TPSA) is 108 Å². The fraction of sp³-hybridized carbons (Fsp3) is 0.357. The number of anilines is 1. The van der Waals surface area contributed by atoms with Crippen LogP contribution in [0.3, 0.4) is 0 Å². The molecule has 120 valence electrons. The highest BCUT2D eigenvalue weighted by atomic mass is 32.1. The number of nitrogens with one attached hydrogen (secondary N) is 1. The van der Waals surface area contributed by atoms with Crippen molar-refractivity contribution in [3.8, 4) is 0 Å². The molecule has 1 aromatic rings. The third-order valence-electron chi connectivity index (χ3n) is 2.58. The van der Waals surface area contributed by atoms with E-state index in [-0.39, 0.29) is 35.2 Å². The lowest BCUT2D eigenvalue weighted by Gasteiger charge is -2.05. The summed E-state index contributed by atoms with van der Waals surface area (Å²) in [6.45, 7) is 6.69. The van der Waals surface area contributed by atoms with Gasteiger partial charge in [-0.1, -0.05) is 12.7 Å². The van der Waals surface area contributed by atoms with E-state index >= 15 is 0 Å². The average molecular weight is 326 g/mol. The van der Waals surface area contributed by atoms with Crippen molar-refractivity contribution >= 4 is 34.2 Å². The molecule has 0 saturated heterocycles. The Labute approximate surface area is 132 Å². The first-order valence-electron chi connectivity index (χ1n) is 6.54. The smallest absolute Gasteiger partial charge is 0.348 e. The fourth-order valence-corrected chi connectivity index (χ4v) is 2.73. The van der Waals surface area contributed by atoms with Crippen molar-refractivity contribution in [2.24, 2.45) is 5.73 Å². The van der Waals surface area contributed by atoms with E-state index in [1.165, 1.54) is 6.08 Å². The van der Waals surface area contributed by atoms with Crippen LogP contribution < -0.4 is 11.1 Å². The number of amides is 1. The van der Waals surface area contributed by atoms with E-state index in [4.69, 9.17) is 15.2 Å². The van der Waals surface area contributed by atoms with E-state index in [0.717, 1.165) is 11.3 Å². The van der Waals surface area contributed by atoms with Gasteiger partial charge >= 0.3 is 11.9 Å². The number of carbonyl (C=O) groups is 3. The van der Waals surface area contributed by atoms with E-state index in [9.17, 15) is 14.4 Å². The van der Waals surface area contributed by atoms with E-state index in [1.54, 1.807) is 13.8 Å². The van der Waals surface area contributed by atoms with Gasteiger partial charge in [0.15, 0.2) is 0 Å². The summed E-state index contributed by atoms with van der Waals surface area (Å²) in [5.41, 5.74) is 5.78. The zero-order valence-corrected chi connectivity index (χ0v) is 13.2. The molecule has 0 aromatic carbocycles. The number of thiophene rings is 1. The number of hydrogen-bond acceptors (Lipinski definition) is 7. The second-order valence-electron chi connectivity index (χ2n) is 4.12. The van der Waals surface area contributed by atoms with Crippen LogP contribution in [0.5, 0.6) is 0 Å². The number of rotatable bonds is 7. The van der Waals surface area contributed by atoms with E-state index in [0.29, 0.717) is 5.56 Å². The van der Waals surface area contributed by atoms with Crippen LogP contribution in [0.2, 0.25) is 0 Å². The minimum atomic E-state index is -0.619. The normalized spacial score (nSPS) is 9.95. The van der Waals surface area contributed by atoms with Crippen LogP contribution >= 0.6 is 11.3 Å². The van der Waals surface area contributed by atoms with Gasteiger partial charge in [-0.15, -0.1) is 11.3 Å². The summed E-state index contributed by atoms with van der Waals surface area (Å²) < 4.78 is 9.92. The summed E-state index contributed by atoms with van der Waals surface area (Å²) in [6.07, 6.45) is 1.43. The molecule has 0 aliphatic rings. The molecule has 0 aliphatic heterocycles. The molecule has 0 aliphatic carbocycles. The second-order valence-corrected chi connectivity index (χ2v) is 5.14. The first kappa shape index (κ1) is 17.9. The Kier molecular flexibility index (Phi) is 6.74. The largest absolute Gasteiger partial charge is 0.462 e. The maximum absolute atomic E-state index is 12.0. The standard InChI is InChI=1S/C14H18N2O5S/c1-4-6-21-14(19)11-8(3)10(13(18)20-5-2)12(22-11)16-9(17)7-15/h4H,1,5-7,15H2,2-3H3,(H,16,17). The van der Waals surface area contributed by atoms with Gasteiger partial charge in [0.05, 0.1) is 18.7 Å². The van der Waals surface area contributed by atoms with Crippen LogP contribution in [0.25, 0.3) is 0 Å². The molecule has 1 heterocycles. The maximum atomic E-state index is 12.0. The van der Waals surface area contributed by atoms with Crippen LogP contribution in [0.15, 0.2) is 12.7 Å². The predicted molar refractivity (Wildman–Crippen MR) is 83.2 cm³/mol. The molecule has 0 bridgehead atoms. The van der Waals surface area contributed by atoms with Gasteiger partial charge in [-0.25, -0.2) is 9.59 Å². The summed E-state index contributed by atoms with van der Waals surface area (Å²) >= 11 is 0.945. The second kappa shape index (κ2) is 8.30. The van der Waals surface area contributed by atoms with Crippen LogP contribution in [-0.4, -0.2) is 37.6 Å². The van der Waals surface area contributed by atoms with Crippen molar-refractivity contribution in [2.75, 3.05) is 25.1 Å². The van der Waals surface area contributed by atoms with Crippen molar-refractivity contribution in [1.82, 2.24) is 0 Å². The van der Waals surface area contributed by atoms with Crippen molar-refractivity contribution in [3.63, 3.8) is 0 Å². The Hall–Kier alpha value is -2.19. The molecule has 1 amide bonds. The average Bonchev–Trinajstić information content (AvgIpc) is 2.81. The quantitative estimate of drug-likeness (QED) is 0.580. The first-order chi connectivity index (χ1) is 10.5. The molecule has 22 heavy (non-hydrogen) atoms. The monoisotopic (exact) mass is 326 g/mol. The highest BCUT2D eigenvalue weighted by molar-refractivity contribution is 7.18. The molecule has 3 N–H and O–H groups in total. The van der Waals surface area contributed by atoms with Gasteiger partial charge in [-0.2, -0.15) is 0 Å². The van der Waals surface area contributed by atoms with Crippen LogP contribution in [0.4, 0.5) is 5.00 Å². The maximum Gasteiger partial charge on any atom is 0.348 e. The van der Waals surface area contributed by atoms with E-state index in [1.807, 2.05) is 0 Å². The molecule has 0 spiro atoms. The summed E-state index contributed by atoms with van der Waals surface area (Å²) in [4.78, 5) is 35.7. The third kappa shape index (κ3) is 4.15. The molecule has 0 radical (unpaired) electrons. The molecular weight excluding hydrogens is 308 g/mol. The molecule has 8 heteroatoms. The van der Waals surface area contributed by atoms with E-state index in [2.05, 4.69) is 11.9 Å². The predicted octanol–water partition coefficient (Wildman–Crippen LogP) is 1.47. The Balaban J connectivity index is 3.22. The van der Waals surface area contributed by atoms with Crippen molar-refractivity contribution in [1.29, 1.82) is 0 Å². The lowest BCUT2D eigenvalue weighted by atomic mass is 10.1. The van der Waals surface area contributed by atoms with Crippen LogP contribution in [0.1, 0.15) is 32.5 Å². The van der Waals surface area contributed by atoms with Crippen molar-refractivity contribution in [2.45, 2.75) is 13.8 Å². The van der Waals surface area contributed by atoms with Gasteiger partial charge < -0.3 is 20.5 Å². The first-order valence-corrected chi connectivity index (χ1v) is 7.36. The number of nitrogens with two attached hydrogens (primary N) is 1. The number of hydrogen-bond donors (Lipinski definition) is 2. The zero-order valence-electron chi connectivity index (χ0n) is 12.4. The van der Waals surface area contributed by atoms with Crippen molar-refractivity contribution < 1.29 is 23.9 Å². The van der Waals surface area contributed by atoms with Gasteiger partial charge in [0, 0.05) is 0 Å². The molecule has 0 saturated carbocycles. The van der Waals surface area contributed by atoms with Gasteiger partial charge in [-0.05, 0) is 19.4 Å². The summed E-state index contributed by atoms with van der Waals surface area (Å²) in [5, 5.41) is 2.72. The zero-order chi connectivity index (χ0) is 16.7. The van der Waals surface area contributed by atoms with Gasteiger partial charge in [0.25, 0.3) is 0 Å². The summed E-state index contributed by atoms with van der Waals surface area (Å²) in [7, 11) is 0. The molecule has 0 atom stereocenters. The minimum Gasteiger partial charge on any atom is -0.462 e. The highest BCUT2D eigenvalue weighted by Gasteiger charge is 2.27. The Morgan fingerprint density at radius 1 is 1.32 bits per heavy atom. The van der Waals surface area contributed by atoms with Gasteiger partial charge in [0.1, 0.15) is 16.5 Å². The lowest BCUT2D eigenvalue weighted by molar-refractivity contribution is -0.114. The molecule has 1 aromatic heterocycles. The number of esters is 2. The molecule has 0 fully saturated rings. The fourth-order valence-electron chi connectivity index (χ4n) is 1.62. The highest BCUT2D eigenvalue weighted by Crippen LogP contribution is 2.34.